The molecule has 2 aromatic rings. The van der Waals surface area contributed by atoms with Crippen LogP contribution in [-0.2, 0) is 27.4 Å². The van der Waals surface area contributed by atoms with E-state index in [1.54, 1.807) is 7.11 Å². The summed E-state index contributed by atoms with van der Waals surface area (Å²) in [5, 5.41) is 9.50. The quantitative estimate of drug-likeness (QED) is 0.216. The minimum absolute atomic E-state index is 0.141. The van der Waals surface area contributed by atoms with Gasteiger partial charge in [0, 0.05) is 48.5 Å². The Labute approximate surface area is 196 Å². The first-order chi connectivity index (χ1) is 15.6. The van der Waals surface area contributed by atoms with Gasteiger partial charge >= 0.3 is 5.97 Å². The fourth-order valence-electron chi connectivity index (χ4n) is 3.89. The summed E-state index contributed by atoms with van der Waals surface area (Å²) in [4.78, 5) is 25.3. The fourth-order valence-corrected chi connectivity index (χ4v) is 3.89. The molecule has 0 unspecified atom stereocenters. The highest BCUT2D eigenvalue weighted by Crippen LogP contribution is 2.20. The molecule has 7 nitrogen and oxygen atoms in total. The summed E-state index contributed by atoms with van der Waals surface area (Å²) in [5.41, 5.74) is 4.97. The van der Waals surface area contributed by atoms with E-state index in [1.807, 2.05) is 45.9 Å². The van der Waals surface area contributed by atoms with Gasteiger partial charge in [-0.15, -0.1) is 0 Å². The van der Waals surface area contributed by atoms with Crippen molar-refractivity contribution >= 4 is 17.8 Å². The normalized spacial score (nSPS) is 11.7. The van der Waals surface area contributed by atoms with Crippen LogP contribution in [0.15, 0.2) is 17.7 Å². The Morgan fingerprint density at radius 2 is 1.70 bits per heavy atom. The highest BCUT2D eigenvalue weighted by atomic mass is 16.5. The Hall–Kier alpha value is -3.11. The number of rotatable bonds is 11. The highest BCUT2D eigenvalue weighted by Gasteiger charge is 2.19. The molecule has 33 heavy (non-hydrogen) atoms. The Kier molecular flexibility index (Phi) is 9.24. The third-order valence-corrected chi connectivity index (χ3v) is 5.91. The summed E-state index contributed by atoms with van der Waals surface area (Å²) in [5.74, 6) is -0.518. The average Bonchev–Trinajstić information content (AvgIpc) is 3.20. The molecule has 0 fully saturated rings. The lowest BCUT2D eigenvalue weighted by molar-refractivity contribution is -0.137. The topological polar surface area (TPSA) is 86.2 Å². The van der Waals surface area contributed by atoms with E-state index >= 15 is 0 Å². The number of carbonyl (C=O) groups excluding carboxylic acids is 2. The van der Waals surface area contributed by atoms with Crippen LogP contribution in [0.5, 0.6) is 0 Å². The molecular weight excluding hydrogens is 418 g/mol. The summed E-state index contributed by atoms with van der Waals surface area (Å²) < 4.78 is 14.5. The van der Waals surface area contributed by atoms with Crippen LogP contribution in [-0.4, -0.2) is 41.2 Å². The van der Waals surface area contributed by atoms with E-state index in [0.29, 0.717) is 24.6 Å². The maximum atomic E-state index is 12.7. The Bertz CT molecular complexity index is 1080. The lowest BCUT2D eigenvalue weighted by Gasteiger charge is -2.11. The molecule has 2 heterocycles. The molecule has 0 spiro atoms. The number of carbonyl (C=O) groups is 2. The van der Waals surface area contributed by atoms with E-state index in [-0.39, 0.29) is 11.4 Å². The second kappa shape index (κ2) is 11.7. The standard InChI is InChI=1S/C26H35N3O4/c1-17(2)8-9-28-19(4)13-24(21(28)6)25(30)16-33-26(31)23(15-27)14-22-12-18(3)29(20(22)5)10-11-32-7/h12-14,17H,8-11,16H2,1-7H3/b23-14+. The number of nitrogens with zero attached hydrogens (tertiary/aromatic N) is 3. The Balaban J connectivity index is 2.11. The molecule has 7 heteroatoms. The second-order valence-corrected chi connectivity index (χ2v) is 8.76. The maximum absolute atomic E-state index is 12.7. The molecule has 0 aliphatic rings. The minimum Gasteiger partial charge on any atom is -0.453 e. The molecule has 2 aromatic heterocycles. The third kappa shape index (κ3) is 6.45. The van der Waals surface area contributed by atoms with Gasteiger partial charge in [0.05, 0.1) is 6.61 Å². The SMILES string of the molecule is COCCn1c(C)cc(/C=C(\C#N)C(=O)OCC(=O)c2cc(C)n(CCC(C)C)c2C)c1C. The van der Waals surface area contributed by atoms with Crippen LogP contribution in [0.25, 0.3) is 6.08 Å². The summed E-state index contributed by atoms with van der Waals surface area (Å²) in [6.07, 6.45) is 2.53. The lowest BCUT2D eigenvalue weighted by Crippen LogP contribution is -2.16. The van der Waals surface area contributed by atoms with Gasteiger partial charge < -0.3 is 18.6 Å². The number of nitriles is 1. The molecular formula is C26H35N3O4. The number of aryl methyl sites for hydroxylation is 2. The van der Waals surface area contributed by atoms with E-state index in [9.17, 15) is 14.9 Å². The molecule has 0 bridgehead atoms. The van der Waals surface area contributed by atoms with Gasteiger partial charge in [-0.05, 0) is 63.8 Å². The summed E-state index contributed by atoms with van der Waals surface area (Å²) in [6.45, 7) is 13.8. The highest BCUT2D eigenvalue weighted by molar-refractivity contribution is 6.02. The number of esters is 1. The lowest BCUT2D eigenvalue weighted by atomic mass is 10.1. The molecule has 0 aliphatic carbocycles. The van der Waals surface area contributed by atoms with Crippen molar-refractivity contribution in [1.82, 2.24) is 9.13 Å². The van der Waals surface area contributed by atoms with Gasteiger partial charge in [-0.25, -0.2) is 4.79 Å². The first kappa shape index (κ1) is 26.1. The van der Waals surface area contributed by atoms with Crippen LogP contribution in [0, 0.1) is 44.9 Å². The molecule has 0 radical (unpaired) electrons. The number of hydrogen-bond donors (Lipinski definition) is 0. The number of ether oxygens (including phenoxy) is 2. The van der Waals surface area contributed by atoms with Gasteiger partial charge in [0.15, 0.2) is 6.61 Å². The van der Waals surface area contributed by atoms with Crippen LogP contribution in [0.4, 0.5) is 0 Å². The van der Waals surface area contributed by atoms with Crippen LogP contribution >= 0.6 is 0 Å². The number of ketones is 1. The molecule has 2 rings (SSSR count). The van der Waals surface area contributed by atoms with Crippen LogP contribution in [0.1, 0.15) is 59.0 Å². The number of Topliss-reactive ketones (excluding diaryl/α,β-unsaturated/α-hetero) is 1. The molecule has 0 saturated heterocycles. The molecule has 0 amide bonds. The van der Waals surface area contributed by atoms with E-state index in [2.05, 4.69) is 23.0 Å². The van der Waals surface area contributed by atoms with E-state index in [1.165, 1.54) is 6.08 Å². The van der Waals surface area contributed by atoms with E-state index < -0.39 is 12.6 Å². The maximum Gasteiger partial charge on any atom is 0.349 e. The Morgan fingerprint density at radius 1 is 1.06 bits per heavy atom. The summed E-state index contributed by atoms with van der Waals surface area (Å²) >= 11 is 0. The third-order valence-electron chi connectivity index (χ3n) is 5.91. The van der Waals surface area contributed by atoms with Crippen LogP contribution in [0.2, 0.25) is 0 Å². The summed E-state index contributed by atoms with van der Waals surface area (Å²) in [6, 6.07) is 5.65. The van der Waals surface area contributed by atoms with Crippen LogP contribution < -0.4 is 0 Å². The monoisotopic (exact) mass is 453 g/mol. The van der Waals surface area contributed by atoms with Crippen molar-refractivity contribution in [2.24, 2.45) is 5.92 Å². The summed E-state index contributed by atoms with van der Waals surface area (Å²) in [7, 11) is 1.64. The van der Waals surface area contributed by atoms with Crippen molar-refractivity contribution in [2.45, 2.75) is 61.1 Å². The first-order valence-corrected chi connectivity index (χ1v) is 11.2. The van der Waals surface area contributed by atoms with E-state index in [0.717, 1.165) is 41.3 Å². The van der Waals surface area contributed by atoms with Crippen molar-refractivity contribution in [1.29, 1.82) is 5.26 Å². The zero-order chi connectivity index (χ0) is 24.7. The van der Waals surface area contributed by atoms with Crippen molar-refractivity contribution in [3.8, 4) is 6.07 Å². The Morgan fingerprint density at radius 3 is 2.30 bits per heavy atom. The van der Waals surface area contributed by atoms with Crippen LogP contribution in [0.3, 0.4) is 0 Å². The molecule has 0 aromatic carbocycles. The molecule has 0 atom stereocenters. The predicted octanol–water partition coefficient (Wildman–Crippen LogP) is 4.55. The fraction of sp³-hybridized carbons (Fsp3) is 0.500. The van der Waals surface area contributed by atoms with Crippen molar-refractivity contribution in [3.63, 3.8) is 0 Å². The van der Waals surface area contributed by atoms with Gasteiger partial charge in [0.2, 0.25) is 5.78 Å². The van der Waals surface area contributed by atoms with Gasteiger partial charge in [0.25, 0.3) is 0 Å². The van der Waals surface area contributed by atoms with Gasteiger partial charge in [-0.3, -0.25) is 4.79 Å². The zero-order valence-electron chi connectivity index (χ0n) is 20.8. The van der Waals surface area contributed by atoms with Gasteiger partial charge in [-0.2, -0.15) is 5.26 Å². The van der Waals surface area contributed by atoms with Crippen molar-refractivity contribution in [3.05, 3.63) is 51.6 Å². The molecule has 0 saturated carbocycles. The predicted molar refractivity (Wildman–Crippen MR) is 128 cm³/mol. The molecule has 0 N–H and O–H groups in total. The number of hydrogen-bond acceptors (Lipinski definition) is 5. The van der Waals surface area contributed by atoms with Crippen molar-refractivity contribution < 1.29 is 19.1 Å². The van der Waals surface area contributed by atoms with Gasteiger partial charge in [0.1, 0.15) is 11.6 Å². The largest absolute Gasteiger partial charge is 0.453 e. The first-order valence-electron chi connectivity index (χ1n) is 11.2. The average molecular weight is 454 g/mol. The van der Waals surface area contributed by atoms with Gasteiger partial charge in [-0.1, -0.05) is 13.8 Å². The molecule has 0 aliphatic heterocycles. The molecule has 178 valence electrons. The van der Waals surface area contributed by atoms with E-state index in [4.69, 9.17) is 9.47 Å². The zero-order valence-corrected chi connectivity index (χ0v) is 20.8. The number of aromatic nitrogens is 2. The smallest absolute Gasteiger partial charge is 0.349 e. The number of methoxy groups -OCH3 is 1. The minimum atomic E-state index is -0.804. The van der Waals surface area contributed by atoms with Crippen molar-refractivity contribution in [2.75, 3.05) is 20.3 Å². The second-order valence-electron chi connectivity index (χ2n) is 8.76.